The van der Waals surface area contributed by atoms with Gasteiger partial charge in [0.2, 0.25) is 0 Å². The standard InChI is InChI=1S/C12H17N3/c1-7-5-9(7)12-14-10(8-3-4-8)6-11(13-2)15-12/h6-9H,3-5H2,1-2H3,(H,13,14,15). The minimum absolute atomic E-state index is 0.621. The molecule has 1 aromatic heterocycles. The number of hydrogen-bond acceptors (Lipinski definition) is 3. The molecule has 0 aromatic carbocycles. The lowest BCUT2D eigenvalue weighted by molar-refractivity contribution is 0.820. The van der Waals surface area contributed by atoms with Crippen molar-refractivity contribution < 1.29 is 0 Å². The van der Waals surface area contributed by atoms with Crippen molar-refractivity contribution in [3.05, 3.63) is 17.6 Å². The third-order valence-corrected chi connectivity index (χ3v) is 3.46. The summed E-state index contributed by atoms with van der Waals surface area (Å²) in [5.74, 6) is 4.17. The Balaban J connectivity index is 1.94. The highest BCUT2D eigenvalue weighted by Gasteiger charge is 2.37. The maximum Gasteiger partial charge on any atom is 0.134 e. The number of rotatable bonds is 3. The molecule has 1 aromatic rings. The first-order chi connectivity index (χ1) is 7.28. The van der Waals surface area contributed by atoms with Crippen LogP contribution in [0.25, 0.3) is 0 Å². The first-order valence-electron chi connectivity index (χ1n) is 5.84. The van der Waals surface area contributed by atoms with Crippen LogP contribution in [-0.2, 0) is 0 Å². The van der Waals surface area contributed by atoms with Crippen molar-refractivity contribution in [1.29, 1.82) is 0 Å². The molecule has 0 amide bonds. The molecule has 2 atom stereocenters. The molecule has 1 N–H and O–H groups in total. The van der Waals surface area contributed by atoms with Crippen LogP contribution in [0.4, 0.5) is 5.82 Å². The van der Waals surface area contributed by atoms with Crippen molar-refractivity contribution in [2.45, 2.75) is 38.0 Å². The highest BCUT2D eigenvalue weighted by atomic mass is 15.0. The number of aromatic nitrogens is 2. The predicted molar refractivity (Wildman–Crippen MR) is 60.1 cm³/mol. The van der Waals surface area contributed by atoms with Gasteiger partial charge >= 0.3 is 0 Å². The third-order valence-electron chi connectivity index (χ3n) is 3.46. The molecule has 1 heterocycles. The molecular formula is C12H17N3. The van der Waals surface area contributed by atoms with Gasteiger partial charge < -0.3 is 5.32 Å². The largest absolute Gasteiger partial charge is 0.373 e. The summed E-state index contributed by atoms with van der Waals surface area (Å²) in [6.45, 7) is 2.27. The van der Waals surface area contributed by atoms with Crippen LogP contribution in [0.1, 0.15) is 49.5 Å². The average Bonchev–Trinajstić information content (AvgIpc) is 3.11. The van der Waals surface area contributed by atoms with Gasteiger partial charge in [0.15, 0.2) is 0 Å². The molecule has 0 radical (unpaired) electrons. The number of hydrogen-bond donors (Lipinski definition) is 1. The molecule has 3 heteroatoms. The van der Waals surface area contributed by atoms with E-state index in [9.17, 15) is 0 Å². The smallest absolute Gasteiger partial charge is 0.134 e. The van der Waals surface area contributed by atoms with Crippen LogP contribution in [-0.4, -0.2) is 17.0 Å². The second-order valence-corrected chi connectivity index (χ2v) is 4.88. The number of nitrogens with zero attached hydrogens (tertiary/aromatic N) is 2. The molecule has 2 aliphatic rings. The number of anilines is 1. The third kappa shape index (κ3) is 1.71. The summed E-state index contributed by atoms with van der Waals surface area (Å²) in [4.78, 5) is 9.26. The summed E-state index contributed by atoms with van der Waals surface area (Å²) < 4.78 is 0. The molecule has 80 valence electrons. The van der Waals surface area contributed by atoms with E-state index in [0.29, 0.717) is 11.8 Å². The van der Waals surface area contributed by atoms with E-state index < -0.39 is 0 Å². The van der Waals surface area contributed by atoms with E-state index >= 15 is 0 Å². The Labute approximate surface area is 90.3 Å². The van der Waals surface area contributed by atoms with Gasteiger partial charge in [0, 0.05) is 30.6 Å². The molecule has 2 saturated carbocycles. The highest BCUT2D eigenvalue weighted by Crippen LogP contribution is 2.47. The van der Waals surface area contributed by atoms with Gasteiger partial charge in [0.1, 0.15) is 11.6 Å². The van der Waals surface area contributed by atoms with Crippen molar-refractivity contribution >= 4 is 5.82 Å². The van der Waals surface area contributed by atoms with Gasteiger partial charge in [-0.25, -0.2) is 9.97 Å². The molecule has 0 saturated heterocycles. The first-order valence-corrected chi connectivity index (χ1v) is 5.84. The van der Waals surface area contributed by atoms with Crippen LogP contribution in [0.5, 0.6) is 0 Å². The molecule has 0 spiro atoms. The van der Waals surface area contributed by atoms with Crippen LogP contribution < -0.4 is 5.32 Å². The zero-order chi connectivity index (χ0) is 10.4. The van der Waals surface area contributed by atoms with Crippen molar-refractivity contribution in [1.82, 2.24) is 9.97 Å². The second-order valence-electron chi connectivity index (χ2n) is 4.88. The van der Waals surface area contributed by atoms with Gasteiger partial charge in [-0.1, -0.05) is 6.92 Å². The lowest BCUT2D eigenvalue weighted by atomic mass is 10.2. The van der Waals surface area contributed by atoms with Gasteiger partial charge in [-0.15, -0.1) is 0 Å². The molecule has 3 rings (SSSR count). The lowest BCUT2D eigenvalue weighted by Crippen LogP contribution is -2.02. The van der Waals surface area contributed by atoms with Gasteiger partial charge in [-0.2, -0.15) is 0 Å². The molecule has 0 bridgehead atoms. The fraction of sp³-hybridized carbons (Fsp3) is 0.667. The van der Waals surface area contributed by atoms with Crippen LogP contribution in [0.15, 0.2) is 6.07 Å². The van der Waals surface area contributed by atoms with Crippen LogP contribution >= 0.6 is 0 Å². The maximum absolute atomic E-state index is 4.70. The lowest BCUT2D eigenvalue weighted by Gasteiger charge is -2.06. The van der Waals surface area contributed by atoms with Gasteiger partial charge in [-0.05, 0) is 25.2 Å². The van der Waals surface area contributed by atoms with Gasteiger partial charge in [0.25, 0.3) is 0 Å². The van der Waals surface area contributed by atoms with Crippen LogP contribution in [0.3, 0.4) is 0 Å². The fourth-order valence-electron chi connectivity index (χ4n) is 2.05. The van der Waals surface area contributed by atoms with Gasteiger partial charge in [0.05, 0.1) is 0 Å². The van der Waals surface area contributed by atoms with E-state index in [1.54, 1.807) is 0 Å². The Hall–Kier alpha value is -1.12. The van der Waals surface area contributed by atoms with E-state index in [1.807, 2.05) is 7.05 Å². The molecule has 3 nitrogen and oxygen atoms in total. The molecule has 2 unspecified atom stereocenters. The maximum atomic E-state index is 4.70. The Morgan fingerprint density at radius 2 is 2.07 bits per heavy atom. The normalized spacial score (nSPS) is 28.9. The Morgan fingerprint density at radius 3 is 2.60 bits per heavy atom. The van der Waals surface area contributed by atoms with Crippen molar-refractivity contribution in [2.75, 3.05) is 12.4 Å². The Morgan fingerprint density at radius 1 is 1.33 bits per heavy atom. The summed E-state index contributed by atoms with van der Waals surface area (Å²) in [6.07, 6.45) is 3.87. The summed E-state index contributed by atoms with van der Waals surface area (Å²) in [6, 6.07) is 2.11. The summed E-state index contributed by atoms with van der Waals surface area (Å²) in [5, 5.41) is 3.14. The SMILES string of the molecule is CNc1cc(C2CC2)nc(C2CC2C)n1. The monoisotopic (exact) mass is 203 g/mol. The molecule has 15 heavy (non-hydrogen) atoms. The van der Waals surface area contributed by atoms with E-state index in [0.717, 1.165) is 17.6 Å². The quantitative estimate of drug-likeness (QED) is 0.820. The van der Waals surface area contributed by atoms with Crippen molar-refractivity contribution in [3.8, 4) is 0 Å². The fourth-order valence-corrected chi connectivity index (χ4v) is 2.05. The second kappa shape index (κ2) is 3.19. The van der Waals surface area contributed by atoms with Crippen LogP contribution in [0.2, 0.25) is 0 Å². The molecule has 0 aliphatic heterocycles. The highest BCUT2D eigenvalue weighted by molar-refractivity contribution is 5.38. The Bertz CT molecular complexity index is 384. The first kappa shape index (κ1) is 9.13. The zero-order valence-corrected chi connectivity index (χ0v) is 9.33. The minimum Gasteiger partial charge on any atom is -0.373 e. The van der Waals surface area contributed by atoms with Gasteiger partial charge in [-0.3, -0.25) is 0 Å². The summed E-state index contributed by atoms with van der Waals surface area (Å²) in [7, 11) is 1.93. The zero-order valence-electron chi connectivity index (χ0n) is 9.33. The van der Waals surface area contributed by atoms with Crippen LogP contribution in [0, 0.1) is 5.92 Å². The average molecular weight is 203 g/mol. The van der Waals surface area contributed by atoms with Crippen molar-refractivity contribution in [3.63, 3.8) is 0 Å². The van der Waals surface area contributed by atoms with E-state index in [-0.39, 0.29) is 0 Å². The Kier molecular flexibility index (Phi) is 1.94. The topological polar surface area (TPSA) is 37.8 Å². The van der Waals surface area contributed by atoms with E-state index in [2.05, 4.69) is 23.3 Å². The summed E-state index contributed by atoms with van der Waals surface area (Å²) in [5.41, 5.74) is 1.25. The predicted octanol–water partition coefficient (Wildman–Crippen LogP) is 2.52. The van der Waals surface area contributed by atoms with Crippen molar-refractivity contribution in [2.24, 2.45) is 5.92 Å². The van der Waals surface area contributed by atoms with E-state index in [4.69, 9.17) is 4.98 Å². The molecule has 2 aliphatic carbocycles. The summed E-state index contributed by atoms with van der Waals surface area (Å²) >= 11 is 0. The molecular weight excluding hydrogens is 186 g/mol. The molecule has 2 fully saturated rings. The minimum atomic E-state index is 0.621. The van der Waals surface area contributed by atoms with E-state index in [1.165, 1.54) is 25.0 Å². The number of nitrogens with one attached hydrogen (secondary N) is 1.